The van der Waals surface area contributed by atoms with E-state index in [1.54, 1.807) is 0 Å². The largest absolute Gasteiger partial charge is 0.396 e. The molecule has 1 aromatic rings. The number of anilines is 1. The molecule has 0 bridgehead atoms. The fourth-order valence-corrected chi connectivity index (χ4v) is 2.34. The number of rotatable bonds is 6. The number of H-pyrrole nitrogens is 1. The Labute approximate surface area is 94.1 Å². The van der Waals surface area contributed by atoms with E-state index in [0.29, 0.717) is 6.42 Å². The third kappa shape index (κ3) is 3.19. The van der Waals surface area contributed by atoms with E-state index >= 15 is 0 Å². The van der Waals surface area contributed by atoms with Gasteiger partial charge in [0.25, 0.3) is 0 Å². The van der Waals surface area contributed by atoms with Crippen LogP contribution in [0.4, 0.5) is 5.82 Å². The molecule has 0 aromatic carbocycles. The van der Waals surface area contributed by atoms with Gasteiger partial charge in [-0.25, -0.2) is 13.1 Å². The third-order valence-corrected chi connectivity index (χ3v) is 3.62. The lowest BCUT2D eigenvalue weighted by Crippen LogP contribution is -2.29. The van der Waals surface area contributed by atoms with Crippen LogP contribution in [0.1, 0.15) is 13.3 Å². The number of nitrogen functional groups attached to an aromatic ring is 1. The van der Waals surface area contributed by atoms with E-state index < -0.39 is 10.0 Å². The SMILES string of the molecule is CC(CCO)CNS(=O)(=O)c1cn[nH]c1N. The molecule has 0 saturated heterocycles. The van der Waals surface area contributed by atoms with E-state index in [0.717, 1.165) is 6.20 Å². The fourth-order valence-electron chi connectivity index (χ4n) is 1.15. The van der Waals surface area contributed by atoms with Crippen molar-refractivity contribution in [2.24, 2.45) is 5.92 Å². The van der Waals surface area contributed by atoms with Crippen LogP contribution in [-0.4, -0.2) is 36.9 Å². The fraction of sp³-hybridized carbons (Fsp3) is 0.625. The van der Waals surface area contributed by atoms with E-state index in [1.807, 2.05) is 6.92 Å². The summed E-state index contributed by atoms with van der Waals surface area (Å²) in [6.07, 6.45) is 1.71. The van der Waals surface area contributed by atoms with Crippen LogP contribution < -0.4 is 10.5 Å². The average Bonchev–Trinajstić information content (AvgIpc) is 2.63. The van der Waals surface area contributed by atoms with Gasteiger partial charge in [0.15, 0.2) is 0 Å². The van der Waals surface area contributed by atoms with Crippen LogP contribution in [0.2, 0.25) is 0 Å². The molecule has 1 rings (SSSR count). The van der Waals surface area contributed by atoms with Gasteiger partial charge in [-0.05, 0) is 12.3 Å². The van der Waals surface area contributed by atoms with Gasteiger partial charge in [-0.1, -0.05) is 6.92 Å². The first-order chi connectivity index (χ1) is 7.47. The molecule has 5 N–H and O–H groups in total. The van der Waals surface area contributed by atoms with Crippen LogP contribution >= 0.6 is 0 Å². The van der Waals surface area contributed by atoms with Crippen molar-refractivity contribution in [1.82, 2.24) is 14.9 Å². The summed E-state index contributed by atoms with van der Waals surface area (Å²) in [5, 5.41) is 14.6. The quantitative estimate of drug-likeness (QED) is 0.530. The second-order valence-electron chi connectivity index (χ2n) is 3.62. The topological polar surface area (TPSA) is 121 Å². The summed E-state index contributed by atoms with van der Waals surface area (Å²) in [5.41, 5.74) is 5.41. The van der Waals surface area contributed by atoms with E-state index in [1.165, 1.54) is 0 Å². The smallest absolute Gasteiger partial charge is 0.245 e. The Hall–Kier alpha value is -1.12. The molecule has 92 valence electrons. The van der Waals surface area contributed by atoms with E-state index in [2.05, 4.69) is 14.9 Å². The van der Waals surface area contributed by atoms with Gasteiger partial charge >= 0.3 is 0 Å². The van der Waals surface area contributed by atoms with Gasteiger partial charge in [0.05, 0.1) is 6.20 Å². The molecule has 0 aliphatic rings. The molecular weight excluding hydrogens is 232 g/mol. The molecule has 1 aromatic heterocycles. The highest BCUT2D eigenvalue weighted by molar-refractivity contribution is 7.89. The van der Waals surface area contributed by atoms with Crippen LogP contribution in [0, 0.1) is 5.92 Å². The van der Waals surface area contributed by atoms with Gasteiger partial charge < -0.3 is 10.8 Å². The Bertz CT molecular complexity index is 428. The minimum Gasteiger partial charge on any atom is -0.396 e. The van der Waals surface area contributed by atoms with Crippen LogP contribution in [0.3, 0.4) is 0 Å². The minimum atomic E-state index is -3.61. The summed E-state index contributed by atoms with van der Waals surface area (Å²) in [7, 11) is -3.61. The predicted octanol–water partition coefficient (Wildman–Crippen LogP) is -0.711. The molecule has 1 unspecified atom stereocenters. The third-order valence-electron chi connectivity index (χ3n) is 2.17. The Kier molecular flexibility index (Phi) is 4.27. The number of nitrogens with two attached hydrogens (primary N) is 1. The molecule has 1 atom stereocenters. The average molecular weight is 248 g/mol. The van der Waals surface area contributed by atoms with Crippen LogP contribution in [0.15, 0.2) is 11.1 Å². The Morgan fingerprint density at radius 1 is 1.69 bits per heavy atom. The summed E-state index contributed by atoms with van der Waals surface area (Å²) in [6.45, 7) is 2.14. The maximum atomic E-state index is 11.7. The van der Waals surface area contributed by atoms with E-state index in [-0.39, 0.29) is 29.8 Å². The lowest BCUT2D eigenvalue weighted by atomic mass is 10.1. The molecule has 0 amide bonds. The molecule has 1 heterocycles. The summed E-state index contributed by atoms with van der Waals surface area (Å²) in [6, 6.07) is 0. The molecule has 0 aliphatic carbocycles. The first-order valence-corrected chi connectivity index (χ1v) is 6.35. The molecule has 8 heteroatoms. The summed E-state index contributed by atoms with van der Waals surface area (Å²) >= 11 is 0. The van der Waals surface area contributed by atoms with Crippen LogP contribution in [0.5, 0.6) is 0 Å². The predicted molar refractivity (Wildman–Crippen MR) is 59.1 cm³/mol. The number of hydrogen-bond acceptors (Lipinski definition) is 5. The monoisotopic (exact) mass is 248 g/mol. The first kappa shape index (κ1) is 12.9. The molecule has 7 nitrogen and oxygen atoms in total. The van der Waals surface area contributed by atoms with Gasteiger partial charge in [-0.2, -0.15) is 5.10 Å². The lowest BCUT2D eigenvalue weighted by Gasteiger charge is -2.10. The first-order valence-electron chi connectivity index (χ1n) is 4.86. The van der Waals surface area contributed by atoms with Crippen molar-refractivity contribution in [2.45, 2.75) is 18.2 Å². The summed E-state index contributed by atoms with van der Waals surface area (Å²) in [5.74, 6) is 0.0789. The number of hydrogen-bond donors (Lipinski definition) is 4. The van der Waals surface area contributed by atoms with Crippen LogP contribution in [0.25, 0.3) is 0 Å². The number of aromatic nitrogens is 2. The number of aliphatic hydroxyl groups is 1. The molecule has 0 radical (unpaired) electrons. The van der Waals surface area contributed by atoms with Crippen molar-refractivity contribution in [3.63, 3.8) is 0 Å². The maximum Gasteiger partial charge on any atom is 0.245 e. The van der Waals surface area contributed by atoms with Crippen molar-refractivity contribution in [3.05, 3.63) is 6.20 Å². The van der Waals surface area contributed by atoms with Crippen molar-refractivity contribution in [2.75, 3.05) is 18.9 Å². The zero-order chi connectivity index (χ0) is 12.2. The zero-order valence-electron chi connectivity index (χ0n) is 8.97. The number of aliphatic hydroxyl groups excluding tert-OH is 1. The number of nitrogens with one attached hydrogen (secondary N) is 2. The van der Waals surface area contributed by atoms with Crippen molar-refractivity contribution >= 4 is 15.8 Å². The zero-order valence-corrected chi connectivity index (χ0v) is 9.79. The lowest BCUT2D eigenvalue weighted by molar-refractivity contribution is 0.263. The highest BCUT2D eigenvalue weighted by atomic mass is 32.2. The highest BCUT2D eigenvalue weighted by Crippen LogP contribution is 2.13. The molecule has 0 fully saturated rings. The number of nitrogens with zero attached hydrogens (tertiary/aromatic N) is 1. The van der Waals surface area contributed by atoms with E-state index in [9.17, 15) is 8.42 Å². The highest BCUT2D eigenvalue weighted by Gasteiger charge is 2.19. The molecule has 0 saturated carbocycles. The maximum absolute atomic E-state index is 11.7. The van der Waals surface area contributed by atoms with Gasteiger partial charge in [0.2, 0.25) is 10.0 Å². The van der Waals surface area contributed by atoms with E-state index in [4.69, 9.17) is 10.8 Å². The van der Waals surface area contributed by atoms with Gasteiger partial charge in [-0.3, -0.25) is 5.10 Å². The Morgan fingerprint density at radius 2 is 2.38 bits per heavy atom. The summed E-state index contributed by atoms with van der Waals surface area (Å²) in [4.78, 5) is -0.0521. The summed E-state index contributed by atoms with van der Waals surface area (Å²) < 4.78 is 25.8. The van der Waals surface area contributed by atoms with Gasteiger partial charge in [0, 0.05) is 13.2 Å². The van der Waals surface area contributed by atoms with Gasteiger partial charge in [-0.15, -0.1) is 0 Å². The number of sulfonamides is 1. The van der Waals surface area contributed by atoms with Crippen molar-refractivity contribution < 1.29 is 13.5 Å². The Morgan fingerprint density at radius 3 is 2.88 bits per heavy atom. The second-order valence-corrected chi connectivity index (χ2v) is 5.35. The second kappa shape index (κ2) is 5.28. The van der Waals surface area contributed by atoms with Crippen molar-refractivity contribution in [1.29, 1.82) is 0 Å². The Balaban J connectivity index is 2.63. The molecular formula is C8H16N4O3S. The standard InChI is InChI=1S/C8H16N4O3S/c1-6(2-3-13)4-11-16(14,15)7-5-10-12-8(7)9/h5-6,11,13H,2-4H2,1H3,(H3,9,10,12). The van der Waals surface area contributed by atoms with Crippen LogP contribution in [-0.2, 0) is 10.0 Å². The molecule has 0 aliphatic heterocycles. The molecule has 16 heavy (non-hydrogen) atoms. The normalized spacial score (nSPS) is 13.9. The minimum absolute atomic E-state index is 0.0160. The number of aromatic amines is 1. The van der Waals surface area contributed by atoms with Crippen molar-refractivity contribution in [3.8, 4) is 0 Å². The molecule has 0 spiro atoms. The van der Waals surface area contributed by atoms with Gasteiger partial charge in [0.1, 0.15) is 10.7 Å².